The first kappa shape index (κ1) is 5.22. The molecule has 0 saturated carbocycles. The molecule has 2 N–H and O–H groups in total. The summed E-state index contributed by atoms with van der Waals surface area (Å²) in [5.74, 6) is 0. The highest BCUT2D eigenvalue weighted by molar-refractivity contribution is 5.93. The zero-order valence-electron chi connectivity index (χ0n) is 5.09. The van der Waals surface area contributed by atoms with Crippen LogP contribution in [-0.4, -0.2) is 16.4 Å². The first-order valence-corrected chi connectivity index (χ1v) is 2.84. The highest BCUT2D eigenvalue weighted by atomic mass is 16.3. The third-order valence-electron chi connectivity index (χ3n) is 1.36. The lowest BCUT2D eigenvalue weighted by atomic mass is 10.3. The third-order valence-corrected chi connectivity index (χ3v) is 1.36. The predicted molar refractivity (Wildman–Crippen MR) is 36.2 cm³/mol. The van der Waals surface area contributed by atoms with E-state index in [1.807, 2.05) is 0 Å². The van der Waals surface area contributed by atoms with Crippen LogP contribution in [0.25, 0.3) is 11.1 Å². The summed E-state index contributed by atoms with van der Waals surface area (Å²) in [5, 5.41) is 14.3. The number of fused-ring (bicyclic) bond motifs is 1. The summed E-state index contributed by atoms with van der Waals surface area (Å²) in [4.78, 5) is 0. The Bertz CT molecular complexity index is 360. The maximum absolute atomic E-state index is 6.94. The van der Waals surface area contributed by atoms with Crippen molar-refractivity contribution in [2.45, 2.75) is 0 Å². The van der Waals surface area contributed by atoms with Crippen LogP contribution in [0.5, 0.6) is 0 Å². The quantitative estimate of drug-likeness (QED) is 0.576. The lowest BCUT2D eigenvalue weighted by Crippen LogP contribution is -1.77. The number of hydrogen-bond acceptors (Lipinski definition) is 3. The summed E-state index contributed by atoms with van der Waals surface area (Å²) in [5.41, 5.74) is 1.24. The lowest BCUT2D eigenvalue weighted by Gasteiger charge is -1.75. The van der Waals surface area contributed by atoms with Crippen LogP contribution < -0.4 is 0 Å². The van der Waals surface area contributed by atoms with E-state index < -0.39 is 0 Å². The molecule has 2 rings (SSSR count). The van der Waals surface area contributed by atoms with Crippen LogP contribution in [0.3, 0.4) is 0 Å². The molecule has 0 radical (unpaired) electrons. The molecule has 0 fully saturated rings. The van der Waals surface area contributed by atoms with E-state index in [-0.39, 0.29) is 0 Å². The van der Waals surface area contributed by atoms with E-state index in [4.69, 9.17) is 9.83 Å². The van der Waals surface area contributed by atoms with Gasteiger partial charge in [-0.2, -0.15) is 0 Å². The van der Waals surface area contributed by atoms with Gasteiger partial charge in [0, 0.05) is 6.21 Å². The third kappa shape index (κ3) is 0.500. The molecule has 4 nitrogen and oxygen atoms in total. The van der Waals surface area contributed by atoms with Gasteiger partial charge in [-0.15, -0.1) is 5.10 Å². The van der Waals surface area contributed by atoms with Crippen molar-refractivity contribution in [3.8, 4) is 0 Å². The number of hydrogen-bond donors (Lipinski definition) is 2. The Balaban J connectivity index is 2.88. The van der Waals surface area contributed by atoms with Crippen molar-refractivity contribution in [1.82, 2.24) is 10.2 Å². The normalized spacial score (nSPS) is 10.4. The Labute approximate surface area is 56.4 Å². The van der Waals surface area contributed by atoms with E-state index in [2.05, 4.69) is 10.2 Å². The molecule has 4 heteroatoms. The maximum atomic E-state index is 6.94. The van der Waals surface area contributed by atoms with Crippen molar-refractivity contribution in [2.75, 3.05) is 0 Å². The number of nitrogens with one attached hydrogen (secondary N) is 2. The lowest BCUT2D eigenvalue weighted by molar-refractivity contribution is 0.599. The molecule has 0 aromatic carbocycles. The number of H-pyrrole nitrogens is 1. The van der Waals surface area contributed by atoms with E-state index in [0.717, 1.165) is 5.39 Å². The van der Waals surface area contributed by atoms with Gasteiger partial charge in [-0.3, -0.25) is 5.10 Å². The molecule has 2 heterocycles. The van der Waals surface area contributed by atoms with Gasteiger partial charge < -0.3 is 9.83 Å². The van der Waals surface area contributed by atoms with Crippen molar-refractivity contribution in [3.63, 3.8) is 0 Å². The van der Waals surface area contributed by atoms with Crippen LogP contribution in [0, 0.1) is 5.41 Å². The number of nitrogens with zero attached hydrogens (tertiary/aromatic N) is 1. The van der Waals surface area contributed by atoms with Gasteiger partial charge in [-0.05, 0) is 6.07 Å². The second-order valence-corrected chi connectivity index (χ2v) is 1.92. The van der Waals surface area contributed by atoms with Gasteiger partial charge >= 0.3 is 0 Å². The number of rotatable bonds is 1. The Kier molecular flexibility index (Phi) is 0.887. The van der Waals surface area contributed by atoms with Gasteiger partial charge in [0.05, 0.1) is 17.3 Å². The first-order valence-electron chi connectivity index (χ1n) is 2.84. The molecule has 2 aromatic rings. The minimum absolute atomic E-state index is 0.554. The van der Waals surface area contributed by atoms with Gasteiger partial charge in [0.15, 0.2) is 0 Å². The standard InChI is InChI=1S/C6H5N3O/c7-3-5-4-1-2-10-6(4)9-8-5/h1-3,7H,(H,8,9). The largest absolute Gasteiger partial charge is 0.445 e. The zero-order valence-corrected chi connectivity index (χ0v) is 5.09. The van der Waals surface area contributed by atoms with Crippen LogP contribution in [0.2, 0.25) is 0 Å². The molecule has 0 unspecified atom stereocenters. The molecule has 0 aliphatic rings. The topological polar surface area (TPSA) is 65.7 Å². The van der Waals surface area contributed by atoms with Crippen LogP contribution in [0.1, 0.15) is 5.69 Å². The zero-order chi connectivity index (χ0) is 6.97. The summed E-state index contributed by atoms with van der Waals surface area (Å²) < 4.78 is 4.95. The number of furan rings is 1. The van der Waals surface area contributed by atoms with Crippen LogP contribution in [0.15, 0.2) is 16.7 Å². The molecule has 2 aromatic heterocycles. The molecular formula is C6H5N3O. The van der Waals surface area contributed by atoms with Gasteiger partial charge in [0.25, 0.3) is 0 Å². The Morgan fingerprint density at radius 1 is 1.70 bits per heavy atom. The van der Waals surface area contributed by atoms with E-state index in [9.17, 15) is 0 Å². The van der Waals surface area contributed by atoms with Gasteiger partial charge in [0.1, 0.15) is 0 Å². The minimum Gasteiger partial charge on any atom is -0.445 e. The van der Waals surface area contributed by atoms with Crippen molar-refractivity contribution >= 4 is 17.3 Å². The molecule has 0 spiro atoms. The van der Waals surface area contributed by atoms with Crippen LogP contribution in [-0.2, 0) is 0 Å². The fourth-order valence-electron chi connectivity index (χ4n) is 0.874. The van der Waals surface area contributed by atoms with Crippen molar-refractivity contribution in [1.29, 1.82) is 5.41 Å². The fourth-order valence-corrected chi connectivity index (χ4v) is 0.874. The Hall–Kier alpha value is -1.58. The van der Waals surface area contributed by atoms with Crippen molar-refractivity contribution in [3.05, 3.63) is 18.0 Å². The van der Waals surface area contributed by atoms with Crippen LogP contribution in [0.4, 0.5) is 0 Å². The predicted octanol–water partition coefficient (Wildman–Crippen LogP) is 1.15. The van der Waals surface area contributed by atoms with Gasteiger partial charge in [0.2, 0.25) is 5.71 Å². The van der Waals surface area contributed by atoms with Crippen molar-refractivity contribution < 1.29 is 4.42 Å². The van der Waals surface area contributed by atoms with E-state index >= 15 is 0 Å². The summed E-state index contributed by atoms with van der Waals surface area (Å²) in [6, 6.07) is 1.78. The van der Waals surface area contributed by atoms with Crippen LogP contribution >= 0.6 is 0 Å². The second-order valence-electron chi connectivity index (χ2n) is 1.92. The molecule has 0 amide bonds. The van der Waals surface area contributed by atoms with E-state index in [1.165, 1.54) is 6.21 Å². The number of aromatic amines is 1. The molecule has 0 aliphatic carbocycles. The van der Waals surface area contributed by atoms with E-state index in [1.54, 1.807) is 12.3 Å². The number of aromatic nitrogens is 2. The molecule has 50 valence electrons. The molecule has 0 saturated heterocycles. The summed E-state index contributed by atoms with van der Waals surface area (Å²) in [6.45, 7) is 0. The Morgan fingerprint density at radius 3 is 3.40 bits per heavy atom. The molecule has 0 atom stereocenters. The van der Waals surface area contributed by atoms with Gasteiger partial charge in [-0.25, -0.2) is 0 Å². The summed E-state index contributed by atoms with van der Waals surface area (Å²) in [7, 11) is 0. The summed E-state index contributed by atoms with van der Waals surface area (Å²) >= 11 is 0. The minimum atomic E-state index is 0.554. The highest BCUT2D eigenvalue weighted by Gasteiger charge is 2.03. The smallest absolute Gasteiger partial charge is 0.245 e. The first-order chi connectivity index (χ1) is 4.92. The van der Waals surface area contributed by atoms with Gasteiger partial charge in [-0.1, -0.05) is 0 Å². The van der Waals surface area contributed by atoms with Crippen molar-refractivity contribution in [2.24, 2.45) is 0 Å². The second kappa shape index (κ2) is 1.70. The average Bonchev–Trinajstić information content (AvgIpc) is 2.44. The van der Waals surface area contributed by atoms with E-state index in [0.29, 0.717) is 11.4 Å². The average molecular weight is 135 g/mol. The molecule has 0 aliphatic heterocycles. The molecular weight excluding hydrogens is 130 g/mol. The fraction of sp³-hybridized carbons (Fsp3) is 0. The molecule has 10 heavy (non-hydrogen) atoms. The SMILES string of the molecule is N=Cc1[nH]nc2occc12. The monoisotopic (exact) mass is 135 g/mol. The summed E-state index contributed by atoms with van der Waals surface area (Å²) in [6.07, 6.45) is 2.77. The Morgan fingerprint density at radius 2 is 2.60 bits per heavy atom. The maximum Gasteiger partial charge on any atom is 0.245 e. The molecule has 0 bridgehead atoms. The highest BCUT2D eigenvalue weighted by Crippen LogP contribution is 2.13.